The average Bonchev–Trinajstić information content (AvgIpc) is 2.70. The van der Waals surface area contributed by atoms with E-state index in [9.17, 15) is 0 Å². The molecule has 2 nitrogen and oxygen atoms in total. The summed E-state index contributed by atoms with van der Waals surface area (Å²) in [5.41, 5.74) is 11.5. The van der Waals surface area contributed by atoms with Crippen LogP contribution in [-0.2, 0) is 0 Å². The lowest BCUT2D eigenvalue weighted by Crippen LogP contribution is -2.49. The zero-order valence-electron chi connectivity index (χ0n) is 12.4. The van der Waals surface area contributed by atoms with E-state index < -0.39 is 16.1 Å². The third kappa shape index (κ3) is 3.92. The second-order valence-electron chi connectivity index (χ2n) is 7.88. The average molecular weight is 285 g/mol. The van der Waals surface area contributed by atoms with Gasteiger partial charge in [-0.2, -0.15) is 0 Å². The lowest BCUT2D eigenvalue weighted by atomic mass is 10.2. The molecule has 3 saturated heterocycles. The fourth-order valence-corrected chi connectivity index (χ4v) is 12.4. The van der Waals surface area contributed by atoms with E-state index in [1.807, 2.05) is 0 Å². The second kappa shape index (κ2) is 5.77. The van der Waals surface area contributed by atoms with Crippen LogP contribution in [0.15, 0.2) is 0 Å². The topological polar surface area (TPSA) is 52.0 Å². The molecule has 0 radical (unpaired) electrons. The SMILES string of the molecule is C[Si]1(C)CC(N)C1.NC1CC[Si]2(CCCC2)CC1. The zero-order valence-corrected chi connectivity index (χ0v) is 14.4. The molecule has 1 spiro atoms. The minimum Gasteiger partial charge on any atom is -0.328 e. The van der Waals surface area contributed by atoms with Gasteiger partial charge < -0.3 is 11.5 Å². The van der Waals surface area contributed by atoms with Crippen LogP contribution in [0.5, 0.6) is 0 Å². The van der Waals surface area contributed by atoms with Crippen molar-refractivity contribution in [1.82, 2.24) is 0 Å². The van der Waals surface area contributed by atoms with E-state index in [-0.39, 0.29) is 0 Å². The number of hydrogen-bond donors (Lipinski definition) is 2. The molecule has 3 rings (SSSR count). The van der Waals surface area contributed by atoms with E-state index in [1.165, 1.54) is 24.9 Å². The highest BCUT2D eigenvalue weighted by Crippen LogP contribution is 2.41. The van der Waals surface area contributed by atoms with Crippen molar-refractivity contribution in [3.63, 3.8) is 0 Å². The first-order chi connectivity index (χ1) is 8.41. The molecule has 3 heterocycles. The summed E-state index contributed by atoms with van der Waals surface area (Å²) in [6.45, 7) is 4.80. The highest BCUT2D eigenvalue weighted by atomic mass is 28.3. The van der Waals surface area contributed by atoms with Crippen LogP contribution in [0.4, 0.5) is 0 Å². The molecule has 106 valence electrons. The molecule has 0 aromatic heterocycles. The van der Waals surface area contributed by atoms with Crippen LogP contribution < -0.4 is 11.5 Å². The second-order valence-corrected chi connectivity index (χ2v) is 18.0. The molecule has 0 amide bonds. The van der Waals surface area contributed by atoms with Crippen molar-refractivity contribution in [1.29, 1.82) is 0 Å². The molecular formula is C14H32N2Si2. The van der Waals surface area contributed by atoms with E-state index in [0.717, 1.165) is 0 Å². The minimum atomic E-state index is -0.641. The van der Waals surface area contributed by atoms with Crippen molar-refractivity contribution in [2.24, 2.45) is 11.5 Å². The van der Waals surface area contributed by atoms with Gasteiger partial charge in [0, 0.05) is 6.04 Å². The Morgan fingerprint density at radius 2 is 1.28 bits per heavy atom. The van der Waals surface area contributed by atoms with Gasteiger partial charge in [0.2, 0.25) is 0 Å². The first-order valence-corrected chi connectivity index (χ1v) is 14.2. The highest BCUT2D eigenvalue weighted by Gasteiger charge is 2.38. The van der Waals surface area contributed by atoms with Crippen LogP contribution in [-0.4, -0.2) is 28.2 Å². The molecule has 3 fully saturated rings. The van der Waals surface area contributed by atoms with Crippen molar-refractivity contribution in [2.45, 2.75) is 87.1 Å². The van der Waals surface area contributed by atoms with Crippen molar-refractivity contribution in [3.05, 3.63) is 0 Å². The Kier molecular flexibility index (Phi) is 4.73. The van der Waals surface area contributed by atoms with Crippen LogP contribution in [0.25, 0.3) is 0 Å². The van der Waals surface area contributed by atoms with Gasteiger partial charge in [-0.1, -0.05) is 50.1 Å². The maximum Gasteiger partial charge on any atom is 0.0537 e. The van der Waals surface area contributed by atoms with Gasteiger partial charge in [-0.25, -0.2) is 0 Å². The lowest BCUT2D eigenvalue weighted by Gasteiger charge is -2.38. The van der Waals surface area contributed by atoms with Crippen LogP contribution in [0.2, 0.25) is 49.4 Å². The molecule has 3 aliphatic rings. The Balaban J connectivity index is 0.000000149. The largest absolute Gasteiger partial charge is 0.328 e. The molecule has 0 unspecified atom stereocenters. The maximum atomic E-state index is 5.91. The standard InChI is InChI=1S/C9H19NSi.C5H13NSi/c10-9-3-7-11(8-4-9)5-1-2-6-11;1-7(2)3-5(6)4-7/h9H,1-8,10H2;5H,3-4,6H2,1-2H3. The summed E-state index contributed by atoms with van der Waals surface area (Å²) in [7, 11) is -1.28. The Hall–Kier alpha value is 0.354. The van der Waals surface area contributed by atoms with Gasteiger partial charge in [0.05, 0.1) is 16.1 Å². The van der Waals surface area contributed by atoms with Gasteiger partial charge in [0.15, 0.2) is 0 Å². The fourth-order valence-electron chi connectivity index (χ4n) is 4.24. The Morgan fingerprint density at radius 3 is 1.61 bits per heavy atom. The molecule has 0 aromatic carbocycles. The summed E-state index contributed by atoms with van der Waals surface area (Å²) in [6.07, 6.45) is 5.79. The zero-order chi connectivity index (χ0) is 13.2. The first-order valence-electron chi connectivity index (χ1n) is 7.92. The van der Waals surface area contributed by atoms with Gasteiger partial charge >= 0.3 is 0 Å². The summed E-state index contributed by atoms with van der Waals surface area (Å²) in [4.78, 5) is 0. The molecule has 0 atom stereocenters. The minimum absolute atomic E-state index is 0.564. The van der Waals surface area contributed by atoms with Gasteiger partial charge in [-0.3, -0.25) is 0 Å². The number of hydrogen-bond acceptors (Lipinski definition) is 2. The van der Waals surface area contributed by atoms with E-state index >= 15 is 0 Å². The smallest absolute Gasteiger partial charge is 0.0537 e. The summed E-state index contributed by atoms with van der Waals surface area (Å²) >= 11 is 0. The molecule has 0 saturated carbocycles. The third-order valence-electron chi connectivity index (χ3n) is 5.38. The monoisotopic (exact) mass is 284 g/mol. The predicted octanol–water partition coefficient (Wildman–Crippen LogP) is 3.39. The lowest BCUT2D eigenvalue weighted by molar-refractivity contribution is 0.589. The first kappa shape index (κ1) is 14.8. The fraction of sp³-hybridized carbons (Fsp3) is 1.00. The summed E-state index contributed by atoms with van der Waals surface area (Å²) in [5.74, 6) is 0. The predicted molar refractivity (Wildman–Crippen MR) is 86.5 cm³/mol. The molecule has 0 aromatic rings. The van der Waals surface area contributed by atoms with E-state index in [2.05, 4.69) is 13.1 Å². The summed E-state index contributed by atoms with van der Waals surface area (Å²) in [6, 6.07) is 10.2. The molecular weight excluding hydrogens is 252 g/mol. The quantitative estimate of drug-likeness (QED) is 0.670. The molecule has 0 aliphatic carbocycles. The summed E-state index contributed by atoms with van der Waals surface area (Å²) < 4.78 is 0. The van der Waals surface area contributed by atoms with Crippen molar-refractivity contribution >= 4 is 16.1 Å². The molecule has 3 aliphatic heterocycles. The van der Waals surface area contributed by atoms with E-state index in [4.69, 9.17) is 11.5 Å². The number of nitrogens with two attached hydrogens (primary N) is 2. The van der Waals surface area contributed by atoms with Gasteiger partial charge in [0.1, 0.15) is 0 Å². The van der Waals surface area contributed by atoms with Crippen LogP contribution in [0, 0.1) is 0 Å². The maximum absolute atomic E-state index is 5.91. The molecule has 0 bridgehead atoms. The normalized spacial score (nSPS) is 33.7. The van der Waals surface area contributed by atoms with Gasteiger partial charge in [0.25, 0.3) is 0 Å². The van der Waals surface area contributed by atoms with Crippen LogP contribution in [0.3, 0.4) is 0 Å². The molecule has 4 heteroatoms. The van der Waals surface area contributed by atoms with Gasteiger partial charge in [-0.15, -0.1) is 0 Å². The van der Waals surface area contributed by atoms with Crippen molar-refractivity contribution in [2.75, 3.05) is 0 Å². The molecule has 18 heavy (non-hydrogen) atoms. The Morgan fingerprint density at radius 1 is 0.778 bits per heavy atom. The third-order valence-corrected chi connectivity index (χ3v) is 14.2. The van der Waals surface area contributed by atoms with E-state index in [1.54, 1.807) is 37.0 Å². The van der Waals surface area contributed by atoms with Crippen molar-refractivity contribution < 1.29 is 0 Å². The highest BCUT2D eigenvalue weighted by molar-refractivity contribution is 6.81. The Bertz CT molecular complexity index is 257. The van der Waals surface area contributed by atoms with Crippen LogP contribution in [0.1, 0.15) is 25.7 Å². The van der Waals surface area contributed by atoms with E-state index in [0.29, 0.717) is 12.1 Å². The summed E-state index contributed by atoms with van der Waals surface area (Å²) in [5, 5.41) is 0. The van der Waals surface area contributed by atoms with Gasteiger partial charge in [-0.05, 0) is 31.0 Å². The van der Waals surface area contributed by atoms with Crippen molar-refractivity contribution in [3.8, 4) is 0 Å². The Labute approximate surface area is 115 Å². The van der Waals surface area contributed by atoms with Crippen LogP contribution >= 0.6 is 0 Å². The molecule has 4 N–H and O–H groups in total. The number of rotatable bonds is 0.